The molecule has 0 spiro atoms. The van der Waals surface area contributed by atoms with Crippen LogP contribution in [-0.2, 0) is 9.53 Å². The number of hydrogen-bond donors (Lipinski definition) is 2. The van der Waals surface area contributed by atoms with Gasteiger partial charge in [-0.15, -0.1) is 0 Å². The first kappa shape index (κ1) is 18.9. The molecule has 26 heavy (non-hydrogen) atoms. The van der Waals surface area contributed by atoms with Crippen molar-refractivity contribution in [3.8, 4) is 17.2 Å². The van der Waals surface area contributed by atoms with Gasteiger partial charge in [-0.3, -0.25) is 4.79 Å². The summed E-state index contributed by atoms with van der Waals surface area (Å²) in [5.74, 6) is -0.242. The van der Waals surface area contributed by atoms with Crippen molar-refractivity contribution in [2.24, 2.45) is 0 Å². The van der Waals surface area contributed by atoms with E-state index in [0.717, 1.165) is 0 Å². The van der Waals surface area contributed by atoms with Crippen LogP contribution in [0.25, 0.3) is 0 Å². The molecule has 0 saturated carbocycles. The first-order valence-corrected chi connectivity index (χ1v) is 7.71. The zero-order chi connectivity index (χ0) is 18.9. The van der Waals surface area contributed by atoms with Crippen LogP contribution in [0, 0.1) is 0 Å². The standard InChI is InChI=1S/C19H19NO6/c1-3-10-25-16-9-4-13(11-17(16)24-2)19(23)26-12-18(22)20-14-5-7-15(21)8-6-14/h3-9,11,21H,1,10,12H2,2H3,(H,20,22). The molecule has 0 aliphatic carbocycles. The minimum absolute atomic E-state index is 0.0869. The Hall–Kier alpha value is -3.48. The van der Waals surface area contributed by atoms with Gasteiger partial charge in [-0.25, -0.2) is 4.79 Å². The Bertz CT molecular complexity index is 785. The zero-order valence-corrected chi connectivity index (χ0v) is 14.2. The highest BCUT2D eigenvalue weighted by Gasteiger charge is 2.14. The van der Waals surface area contributed by atoms with Crippen LogP contribution in [0.2, 0.25) is 0 Å². The lowest BCUT2D eigenvalue weighted by Crippen LogP contribution is -2.20. The topological polar surface area (TPSA) is 94.1 Å². The highest BCUT2D eigenvalue weighted by atomic mass is 16.5. The average Bonchev–Trinajstić information content (AvgIpc) is 2.66. The van der Waals surface area contributed by atoms with E-state index in [1.165, 1.54) is 43.5 Å². The predicted octanol–water partition coefficient (Wildman–Crippen LogP) is 2.76. The molecule has 0 atom stereocenters. The molecule has 7 heteroatoms. The van der Waals surface area contributed by atoms with Gasteiger partial charge in [-0.05, 0) is 42.5 Å². The van der Waals surface area contributed by atoms with Gasteiger partial charge in [-0.2, -0.15) is 0 Å². The fraction of sp³-hybridized carbons (Fsp3) is 0.158. The van der Waals surface area contributed by atoms with Crippen molar-refractivity contribution in [1.29, 1.82) is 0 Å². The van der Waals surface area contributed by atoms with Gasteiger partial charge in [0.25, 0.3) is 5.91 Å². The quantitative estimate of drug-likeness (QED) is 0.429. The number of phenols is 1. The molecule has 0 aliphatic rings. The van der Waals surface area contributed by atoms with E-state index in [1.807, 2.05) is 0 Å². The monoisotopic (exact) mass is 357 g/mol. The van der Waals surface area contributed by atoms with Crippen LogP contribution < -0.4 is 14.8 Å². The molecule has 136 valence electrons. The molecule has 2 N–H and O–H groups in total. The number of rotatable bonds is 8. The Morgan fingerprint density at radius 2 is 1.88 bits per heavy atom. The average molecular weight is 357 g/mol. The summed E-state index contributed by atoms with van der Waals surface area (Å²) < 4.78 is 15.6. The van der Waals surface area contributed by atoms with Gasteiger partial charge in [0.2, 0.25) is 0 Å². The molecular weight excluding hydrogens is 338 g/mol. The highest BCUT2D eigenvalue weighted by Crippen LogP contribution is 2.28. The van der Waals surface area contributed by atoms with Gasteiger partial charge < -0.3 is 24.6 Å². The largest absolute Gasteiger partial charge is 0.508 e. The van der Waals surface area contributed by atoms with E-state index in [-0.39, 0.29) is 11.3 Å². The Kier molecular flexibility index (Phi) is 6.61. The first-order chi connectivity index (χ1) is 12.5. The van der Waals surface area contributed by atoms with Crippen molar-refractivity contribution in [2.45, 2.75) is 0 Å². The molecular formula is C19H19NO6. The zero-order valence-electron chi connectivity index (χ0n) is 14.2. The minimum Gasteiger partial charge on any atom is -0.508 e. The van der Waals surface area contributed by atoms with Gasteiger partial charge in [0, 0.05) is 5.69 Å². The molecule has 2 rings (SSSR count). The van der Waals surface area contributed by atoms with Crippen LogP contribution >= 0.6 is 0 Å². The maximum atomic E-state index is 12.1. The molecule has 0 aliphatic heterocycles. The van der Waals surface area contributed by atoms with Crippen LogP contribution in [0.15, 0.2) is 55.1 Å². The molecule has 0 radical (unpaired) electrons. The van der Waals surface area contributed by atoms with E-state index in [0.29, 0.717) is 23.8 Å². The third-order valence-electron chi connectivity index (χ3n) is 3.24. The van der Waals surface area contributed by atoms with Crippen molar-refractivity contribution in [3.63, 3.8) is 0 Å². The molecule has 2 aromatic carbocycles. The van der Waals surface area contributed by atoms with Crippen molar-refractivity contribution in [1.82, 2.24) is 0 Å². The number of esters is 1. The Labute approximate surface area is 150 Å². The Morgan fingerprint density at radius 3 is 2.54 bits per heavy atom. The Balaban J connectivity index is 1.93. The maximum absolute atomic E-state index is 12.1. The second-order valence-corrected chi connectivity index (χ2v) is 5.14. The smallest absolute Gasteiger partial charge is 0.338 e. The lowest BCUT2D eigenvalue weighted by molar-refractivity contribution is -0.119. The van der Waals surface area contributed by atoms with E-state index < -0.39 is 18.5 Å². The first-order valence-electron chi connectivity index (χ1n) is 7.71. The van der Waals surface area contributed by atoms with Crippen LogP contribution in [0.4, 0.5) is 5.69 Å². The van der Waals surface area contributed by atoms with Crippen LogP contribution in [0.5, 0.6) is 17.2 Å². The molecule has 0 heterocycles. The van der Waals surface area contributed by atoms with Crippen molar-refractivity contribution in [3.05, 3.63) is 60.7 Å². The predicted molar refractivity (Wildman–Crippen MR) is 95.7 cm³/mol. The van der Waals surface area contributed by atoms with Gasteiger partial charge in [0.1, 0.15) is 12.4 Å². The van der Waals surface area contributed by atoms with E-state index >= 15 is 0 Å². The number of ether oxygens (including phenoxy) is 3. The van der Waals surface area contributed by atoms with Crippen LogP contribution in [-0.4, -0.2) is 37.3 Å². The summed E-state index contributed by atoms with van der Waals surface area (Å²) in [6.07, 6.45) is 1.59. The normalized spacial score (nSPS) is 9.88. The lowest BCUT2D eigenvalue weighted by atomic mass is 10.2. The van der Waals surface area contributed by atoms with Gasteiger partial charge in [0.15, 0.2) is 18.1 Å². The van der Waals surface area contributed by atoms with Crippen molar-refractivity contribution in [2.75, 3.05) is 25.6 Å². The van der Waals surface area contributed by atoms with Gasteiger partial charge in [-0.1, -0.05) is 12.7 Å². The number of carbonyl (C=O) groups is 2. The van der Waals surface area contributed by atoms with E-state index in [1.54, 1.807) is 12.1 Å². The molecule has 0 fully saturated rings. The summed E-state index contributed by atoms with van der Waals surface area (Å²) in [4.78, 5) is 23.9. The Morgan fingerprint density at radius 1 is 1.15 bits per heavy atom. The summed E-state index contributed by atoms with van der Waals surface area (Å²) >= 11 is 0. The number of carbonyl (C=O) groups excluding carboxylic acids is 2. The molecule has 7 nitrogen and oxygen atoms in total. The summed E-state index contributed by atoms with van der Waals surface area (Å²) in [6, 6.07) is 10.5. The van der Waals surface area contributed by atoms with Gasteiger partial charge in [0.05, 0.1) is 12.7 Å². The number of hydrogen-bond acceptors (Lipinski definition) is 6. The van der Waals surface area contributed by atoms with Crippen molar-refractivity contribution >= 4 is 17.6 Å². The molecule has 1 amide bonds. The van der Waals surface area contributed by atoms with E-state index in [9.17, 15) is 14.7 Å². The molecule has 0 unspecified atom stereocenters. The lowest BCUT2D eigenvalue weighted by Gasteiger charge is -2.11. The summed E-state index contributed by atoms with van der Waals surface area (Å²) in [7, 11) is 1.45. The maximum Gasteiger partial charge on any atom is 0.338 e. The van der Waals surface area contributed by atoms with Crippen LogP contribution in [0.3, 0.4) is 0 Å². The third kappa shape index (κ3) is 5.27. The number of aromatic hydroxyl groups is 1. The fourth-order valence-corrected chi connectivity index (χ4v) is 2.02. The number of anilines is 1. The number of nitrogens with one attached hydrogen (secondary N) is 1. The second-order valence-electron chi connectivity index (χ2n) is 5.14. The summed E-state index contributed by atoms with van der Waals surface area (Å²) in [5.41, 5.74) is 0.708. The fourth-order valence-electron chi connectivity index (χ4n) is 2.02. The number of benzene rings is 2. The number of amides is 1. The molecule has 0 saturated heterocycles. The van der Waals surface area contributed by atoms with E-state index in [4.69, 9.17) is 14.2 Å². The van der Waals surface area contributed by atoms with E-state index in [2.05, 4.69) is 11.9 Å². The SMILES string of the molecule is C=CCOc1ccc(C(=O)OCC(=O)Nc2ccc(O)cc2)cc1OC. The molecule has 2 aromatic rings. The molecule has 0 aromatic heterocycles. The van der Waals surface area contributed by atoms with Crippen molar-refractivity contribution < 1.29 is 28.9 Å². The summed E-state index contributed by atoms with van der Waals surface area (Å²) in [5, 5.41) is 11.7. The van der Waals surface area contributed by atoms with Gasteiger partial charge >= 0.3 is 5.97 Å². The minimum atomic E-state index is -0.667. The third-order valence-corrected chi connectivity index (χ3v) is 3.24. The number of methoxy groups -OCH3 is 1. The van der Waals surface area contributed by atoms with Crippen LogP contribution in [0.1, 0.15) is 10.4 Å². The second kappa shape index (κ2) is 9.12. The highest BCUT2D eigenvalue weighted by molar-refractivity contribution is 5.95. The number of phenolic OH excluding ortho intramolecular Hbond substituents is 1. The summed E-state index contributed by atoms with van der Waals surface area (Å²) in [6.45, 7) is 3.42. The molecule has 0 bridgehead atoms.